The van der Waals surface area contributed by atoms with Crippen molar-refractivity contribution in [3.63, 3.8) is 0 Å². The van der Waals surface area contributed by atoms with E-state index in [-0.39, 0.29) is 11.4 Å². The maximum atomic E-state index is 12.2. The highest BCUT2D eigenvalue weighted by Crippen LogP contribution is 2.29. The highest BCUT2D eigenvalue weighted by atomic mass is 35.5. The van der Waals surface area contributed by atoms with E-state index in [2.05, 4.69) is 5.32 Å². The summed E-state index contributed by atoms with van der Waals surface area (Å²) in [5.41, 5.74) is 0.630. The zero-order chi connectivity index (χ0) is 14.6. The molecular formula is C15H18Cl3NO. The van der Waals surface area contributed by atoms with E-state index in [1.54, 1.807) is 12.1 Å². The number of carbonyl (C=O) groups is 1. The van der Waals surface area contributed by atoms with Crippen LogP contribution in [0.25, 0.3) is 0 Å². The third-order valence-electron chi connectivity index (χ3n) is 3.82. The Morgan fingerprint density at radius 3 is 2.45 bits per heavy atom. The maximum Gasteiger partial charge on any atom is 0.224 e. The number of amides is 1. The molecule has 0 aromatic heterocycles. The second-order valence-corrected chi connectivity index (χ2v) is 6.53. The second kappa shape index (κ2) is 7.02. The number of hydrogen-bond donors (Lipinski definition) is 1. The van der Waals surface area contributed by atoms with Crippen molar-refractivity contribution in [3.8, 4) is 0 Å². The Labute approximate surface area is 134 Å². The fourth-order valence-corrected chi connectivity index (χ4v) is 3.35. The zero-order valence-electron chi connectivity index (χ0n) is 11.2. The molecule has 1 aliphatic rings. The summed E-state index contributed by atoms with van der Waals surface area (Å²) in [6, 6.07) is 5.27. The lowest BCUT2D eigenvalue weighted by atomic mass is 9.83. The van der Waals surface area contributed by atoms with Crippen LogP contribution in [0.1, 0.15) is 37.7 Å². The first-order valence-electron chi connectivity index (χ1n) is 6.86. The molecule has 20 heavy (non-hydrogen) atoms. The van der Waals surface area contributed by atoms with Crippen LogP contribution >= 0.6 is 34.8 Å². The van der Waals surface area contributed by atoms with E-state index in [9.17, 15) is 4.79 Å². The van der Waals surface area contributed by atoms with Crippen LogP contribution in [-0.2, 0) is 11.2 Å². The molecule has 1 aliphatic carbocycles. The predicted molar refractivity (Wildman–Crippen MR) is 84.8 cm³/mol. The largest absolute Gasteiger partial charge is 0.349 e. The summed E-state index contributed by atoms with van der Waals surface area (Å²) < 4.78 is 0. The van der Waals surface area contributed by atoms with Gasteiger partial charge in [0.1, 0.15) is 0 Å². The number of hydrogen-bond acceptors (Lipinski definition) is 1. The number of rotatable bonds is 4. The number of carbonyl (C=O) groups excluding carboxylic acids is 1. The van der Waals surface area contributed by atoms with Crippen molar-refractivity contribution in [2.24, 2.45) is 0 Å². The Kier molecular flexibility index (Phi) is 5.59. The van der Waals surface area contributed by atoms with Gasteiger partial charge >= 0.3 is 0 Å². The van der Waals surface area contributed by atoms with E-state index in [0.717, 1.165) is 31.2 Å². The quantitative estimate of drug-likeness (QED) is 0.801. The van der Waals surface area contributed by atoms with Gasteiger partial charge in [-0.1, -0.05) is 48.5 Å². The van der Waals surface area contributed by atoms with E-state index < -0.39 is 0 Å². The standard InChI is InChI=1S/C15H18Cl3NO/c16-10-15(6-2-1-3-7-15)19-14(20)9-11-4-5-12(17)13(18)8-11/h4-5,8H,1-3,6-7,9-10H2,(H,19,20). The molecule has 0 spiro atoms. The lowest BCUT2D eigenvalue weighted by molar-refractivity contribution is -0.122. The van der Waals surface area contributed by atoms with Gasteiger partial charge in [0.25, 0.3) is 0 Å². The predicted octanol–water partition coefficient (Wildman–Crippen LogP) is 4.59. The summed E-state index contributed by atoms with van der Waals surface area (Å²) in [4.78, 5) is 12.2. The molecule has 1 aromatic rings. The summed E-state index contributed by atoms with van der Waals surface area (Å²) >= 11 is 17.9. The average molecular weight is 335 g/mol. The molecule has 110 valence electrons. The minimum absolute atomic E-state index is 0.00839. The van der Waals surface area contributed by atoms with Crippen LogP contribution in [0.2, 0.25) is 10.0 Å². The molecule has 1 aromatic carbocycles. The minimum Gasteiger partial charge on any atom is -0.349 e. The molecule has 0 bridgehead atoms. The smallest absolute Gasteiger partial charge is 0.224 e. The van der Waals surface area contributed by atoms with Crippen molar-refractivity contribution in [3.05, 3.63) is 33.8 Å². The molecular weight excluding hydrogens is 317 g/mol. The van der Waals surface area contributed by atoms with Crippen molar-refractivity contribution in [2.75, 3.05) is 5.88 Å². The molecule has 0 radical (unpaired) electrons. The third kappa shape index (κ3) is 4.03. The van der Waals surface area contributed by atoms with Gasteiger partial charge < -0.3 is 5.32 Å². The van der Waals surface area contributed by atoms with Gasteiger partial charge in [0.05, 0.1) is 22.0 Å². The Hall–Kier alpha value is -0.440. The fourth-order valence-electron chi connectivity index (χ4n) is 2.70. The third-order valence-corrected chi connectivity index (χ3v) is 5.07. The first-order valence-corrected chi connectivity index (χ1v) is 8.15. The SMILES string of the molecule is O=C(Cc1ccc(Cl)c(Cl)c1)NC1(CCl)CCCCC1. The van der Waals surface area contributed by atoms with E-state index in [1.165, 1.54) is 6.42 Å². The molecule has 0 unspecified atom stereocenters. The lowest BCUT2D eigenvalue weighted by Crippen LogP contribution is -2.51. The molecule has 0 heterocycles. The van der Waals surface area contributed by atoms with E-state index in [0.29, 0.717) is 22.3 Å². The van der Waals surface area contributed by atoms with Gasteiger partial charge in [-0.05, 0) is 30.5 Å². The topological polar surface area (TPSA) is 29.1 Å². The van der Waals surface area contributed by atoms with Crippen LogP contribution < -0.4 is 5.32 Å². The van der Waals surface area contributed by atoms with Gasteiger partial charge in [-0.15, -0.1) is 11.6 Å². The highest BCUT2D eigenvalue weighted by Gasteiger charge is 2.32. The summed E-state index contributed by atoms with van der Waals surface area (Å²) in [7, 11) is 0. The minimum atomic E-state index is -0.229. The van der Waals surface area contributed by atoms with Crippen LogP contribution in [-0.4, -0.2) is 17.3 Å². The van der Waals surface area contributed by atoms with E-state index in [1.807, 2.05) is 6.07 Å². The molecule has 1 amide bonds. The normalized spacial score (nSPS) is 17.8. The van der Waals surface area contributed by atoms with Crippen molar-refractivity contribution < 1.29 is 4.79 Å². The zero-order valence-corrected chi connectivity index (χ0v) is 13.5. The van der Waals surface area contributed by atoms with E-state index in [4.69, 9.17) is 34.8 Å². The molecule has 1 saturated carbocycles. The van der Waals surface area contributed by atoms with Crippen molar-refractivity contribution in [2.45, 2.75) is 44.1 Å². The van der Waals surface area contributed by atoms with Gasteiger partial charge in [0.2, 0.25) is 5.91 Å². The van der Waals surface area contributed by atoms with Gasteiger partial charge in [0, 0.05) is 5.88 Å². The monoisotopic (exact) mass is 333 g/mol. The molecule has 1 fully saturated rings. The molecule has 1 N–H and O–H groups in total. The first-order chi connectivity index (χ1) is 9.54. The molecule has 5 heteroatoms. The van der Waals surface area contributed by atoms with E-state index >= 15 is 0 Å². The number of halogens is 3. The molecule has 0 aliphatic heterocycles. The number of nitrogens with one attached hydrogen (secondary N) is 1. The van der Waals surface area contributed by atoms with Crippen LogP contribution in [0, 0.1) is 0 Å². The molecule has 2 rings (SSSR count). The van der Waals surface area contributed by atoms with Crippen LogP contribution in [0.5, 0.6) is 0 Å². The van der Waals surface area contributed by atoms with Gasteiger partial charge in [-0.25, -0.2) is 0 Å². The molecule has 0 saturated heterocycles. The Bertz CT molecular complexity index is 484. The van der Waals surface area contributed by atoms with Crippen LogP contribution in [0.4, 0.5) is 0 Å². The average Bonchev–Trinajstić information content (AvgIpc) is 2.44. The van der Waals surface area contributed by atoms with Gasteiger partial charge in [-0.2, -0.15) is 0 Å². The summed E-state index contributed by atoms with van der Waals surface area (Å²) in [5.74, 6) is 0.464. The number of alkyl halides is 1. The lowest BCUT2D eigenvalue weighted by Gasteiger charge is -2.36. The molecule has 0 atom stereocenters. The van der Waals surface area contributed by atoms with Gasteiger partial charge in [-0.3, -0.25) is 4.79 Å². The molecule has 2 nitrogen and oxygen atoms in total. The fraction of sp³-hybridized carbons (Fsp3) is 0.533. The Morgan fingerprint density at radius 1 is 1.15 bits per heavy atom. The summed E-state index contributed by atoms with van der Waals surface area (Å²) in [6.07, 6.45) is 5.70. The maximum absolute atomic E-state index is 12.2. The van der Waals surface area contributed by atoms with Crippen molar-refractivity contribution in [1.82, 2.24) is 5.32 Å². The van der Waals surface area contributed by atoms with Crippen LogP contribution in [0.3, 0.4) is 0 Å². The Morgan fingerprint density at radius 2 is 1.85 bits per heavy atom. The number of benzene rings is 1. The van der Waals surface area contributed by atoms with Crippen molar-refractivity contribution in [1.29, 1.82) is 0 Å². The summed E-state index contributed by atoms with van der Waals surface area (Å²) in [5, 5.41) is 4.09. The second-order valence-electron chi connectivity index (χ2n) is 5.45. The van der Waals surface area contributed by atoms with Crippen molar-refractivity contribution >= 4 is 40.7 Å². The Balaban J connectivity index is 1.98. The highest BCUT2D eigenvalue weighted by molar-refractivity contribution is 6.42. The first kappa shape index (κ1) is 15.9. The summed E-state index contributed by atoms with van der Waals surface area (Å²) in [6.45, 7) is 0. The van der Waals surface area contributed by atoms with Gasteiger partial charge in [0.15, 0.2) is 0 Å². The van der Waals surface area contributed by atoms with Crippen LogP contribution in [0.15, 0.2) is 18.2 Å².